The summed E-state index contributed by atoms with van der Waals surface area (Å²) in [5.41, 5.74) is 3.13. The van der Waals surface area contributed by atoms with Crippen molar-refractivity contribution in [3.8, 4) is 0 Å². The van der Waals surface area contributed by atoms with Crippen LogP contribution < -0.4 is 4.90 Å². The average Bonchev–Trinajstić information content (AvgIpc) is 3.35. The highest BCUT2D eigenvalue weighted by Gasteiger charge is 2.37. The number of aryl methyl sites for hydroxylation is 2. The Kier molecular flexibility index (Phi) is 6.06. The second kappa shape index (κ2) is 8.48. The van der Waals surface area contributed by atoms with Crippen LogP contribution in [0.3, 0.4) is 0 Å². The molecule has 5 nitrogen and oxygen atoms in total. The molecule has 0 unspecified atom stereocenters. The minimum Gasteiger partial charge on any atom is -0.457 e. The van der Waals surface area contributed by atoms with E-state index in [1.54, 1.807) is 22.4 Å². The van der Waals surface area contributed by atoms with E-state index in [1.807, 2.05) is 18.2 Å². The van der Waals surface area contributed by atoms with E-state index in [4.69, 9.17) is 4.74 Å². The molecule has 2 aromatic rings. The van der Waals surface area contributed by atoms with E-state index in [-0.39, 0.29) is 24.7 Å². The SMILES string of the molecule is CCc1cccc(CC)c1N1C[C@@H](C(=O)OCC(=O)c2cccs2)CC1=O. The molecule has 1 amide bonds. The summed E-state index contributed by atoms with van der Waals surface area (Å²) in [6, 6.07) is 9.53. The highest BCUT2D eigenvalue weighted by molar-refractivity contribution is 7.12. The number of carbonyl (C=O) groups is 3. The summed E-state index contributed by atoms with van der Waals surface area (Å²) in [5.74, 6) is -1.31. The highest BCUT2D eigenvalue weighted by Crippen LogP contribution is 2.32. The second-order valence-corrected chi connectivity index (χ2v) is 7.49. The third-order valence-electron chi connectivity index (χ3n) is 4.83. The van der Waals surface area contributed by atoms with Gasteiger partial charge < -0.3 is 9.64 Å². The molecule has 1 fully saturated rings. The third-order valence-corrected chi connectivity index (χ3v) is 5.75. The first-order chi connectivity index (χ1) is 13.0. The largest absolute Gasteiger partial charge is 0.457 e. The summed E-state index contributed by atoms with van der Waals surface area (Å²) >= 11 is 1.32. The van der Waals surface area contributed by atoms with Gasteiger partial charge >= 0.3 is 5.97 Å². The van der Waals surface area contributed by atoms with Gasteiger partial charge in [0.1, 0.15) is 0 Å². The number of Topliss-reactive ketones (excluding diaryl/α,β-unsaturated/α-hetero) is 1. The van der Waals surface area contributed by atoms with E-state index in [0.717, 1.165) is 29.7 Å². The number of rotatable bonds is 7. The lowest BCUT2D eigenvalue weighted by Gasteiger charge is -2.23. The number of hydrogen-bond acceptors (Lipinski definition) is 5. The maximum absolute atomic E-state index is 12.6. The Labute approximate surface area is 162 Å². The van der Waals surface area contributed by atoms with Gasteiger partial charge in [-0.2, -0.15) is 0 Å². The van der Waals surface area contributed by atoms with Crippen molar-refractivity contribution < 1.29 is 19.1 Å². The van der Waals surface area contributed by atoms with Crippen molar-refractivity contribution in [3.63, 3.8) is 0 Å². The zero-order chi connectivity index (χ0) is 19.4. The number of hydrogen-bond donors (Lipinski definition) is 0. The molecular weight excluding hydrogens is 362 g/mol. The molecule has 0 radical (unpaired) electrons. The molecule has 0 bridgehead atoms. The molecule has 0 saturated carbocycles. The first-order valence-corrected chi connectivity index (χ1v) is 10.1. The molecule has 2 heterocycles. The Balaban J connectivity index is 1.69. The van der Waals surface area contributed by atoms with Gasteiger partial charge in [-0.15, -0.1) is 11.3 Å². The molecule has 6 heteroatoms. The Morgan fingerprint density at radius 3 is 2.44 bits per heavy atom. The number of anilines is 1. The maximum Gasteiger partial charge on any atom is 0.311 e. The highest BCUT2D eigenvalue weighted by atomic mass is 32.1. The summed E-state index contributed by atoms with van der Waals surface area (Å²) in [5, 5.41) is 1.80. The number of carbonyl (C=O) groups excluding carboxylic acids is 3. The summed E-state index contributed by atoms with van der Waals surface area (Å²) in [7, 11) is 0. The van der Waals surface area contributed by atoms with Crippen LogP contribution in [0.4, 0.5) is 5.69 Å². The summed E-state index contributed by atoms with van der Waals surface area (Å²) in [6.45, 7) is 4.13. The van der Waals surface area contributed by atoms with Crippen LogP contribution in [0.1, 0.15) is 41.1 Å². The summed E-state index contributed by atoms with van der Waals surface area (Å²) < 4.78 is 5.20. The fourth-order valence-corrected chi connectivity index (χ4v) is 4.06. The quantitative estimate of drug-likeness (QED) is 0.539. The van der Waals surface area contributed by atoms with Gasteiger partial charge in [-0.05, 0) is 35.4 Å². The van der Waals surface area contributed by atoms with Crippen LogP contribution in [-0.4, -0.2) is 30.8 Å². The van der Waals surface area contributed by atoms with Gasteiger partial charge in [0.05, 0.1) is 10.8 Å². The van der Waals surface area contributed by atoms with E-state index < -0.39 is 11.9 Å². The van der Waals surface area contributed by atoms with Gasteiger partial charge in [-0.3, -0.25) is 14.4 Å². The van der Waals surface area contributed by atoms with Crippen LogP contribution in [0, 0.1) is 5.92 Å². The van der Waals surface area contributed by atoms with Crippen molar-refractivity contribution in [1.82, 2.24) is 0 Å². The van der Waals surface area contributed by atoms with Crippen LogP contribution in [0.5, 0.6) is 0 Å². The topological polar surface area (TPSA) is 63.7 Å². The van der Waals surface area contributed by atoms with E-state index in [1.165, 1.54) is 11.3 Å². The smallest absolute Gasteiger partial charge is 0.311 e. The predicted octanol–water partition coefficient (Wildman–Crippen LogP) is 3.65. The number of ether oxygens (including phenoxy) is 1. The fraction of sp³-hybridized carbons (Fsp3) is 0.381. The van der Waals surface area contributed by atoms with Gasteiger partial charge in [0.15, 0.2) is 6.61 Å². The lowest BCUT2D eigenvalue weighted by molar-refractivity contribution is -0.147. The van der Waals surface area contributed by atoms with Crippen LogP contribution >= 0.6 is 11.3 Å². The third kappa shape index (κ3) is 4.11. The number of benzene rings is 1. The number of amides is 1. The number of para-hydroxylation sites is 1. The van der Waals surface area contributed by atoms with Gasteiger partial charge in [0.2, 0.25) is 11.7 Å². The standard InChI is InChI=1S/C21H23NO4S/c1-3-14-7-5-8-15(4-2)20(14)22-12-16(11-19(22)24)21(25)26-13-17(23)18-9-6-10-27-18/h5-10,16H,3-4,11-13H2,1-2H3/t16-/m0/s1. The Morgan fingerprint density at radius 2 is 1.85 bits per heavy atom. The van der Waals surface area contributed by atoms with Gasteiger partial charge in [0.25, 0.3) is 0 Å². The molecule has 3 rings (SSSR count). The molecule has 142 valence electrons. The minimum atomic E-state index is -0.539. The summed E-state index contributed by atoms with van der Waals surface area (Å²) in [4.78, 5) is 39.3. The fourth-order valence-electron chi connectivity index (χ4n) is 3.41. The monoisotopic (exact) mass is 385 g/mol. The second-order valence-electron chi connectivity index (χ2n) is 6.55. The van der Waals surface area contributed by atoms with Crippen molar-refractivity contribution >= 4 is 34.7 Å². The zero-order valence-corrected chi connectivity index (χ0v) is 16.4. The van der Waals surface area contributed by atoms with Crippen LogP contribution in [-0.2, 0) is 27.2 Å². The number of thiophene rings is 1. The molecule has 1 saturated heterocycles. The van der Waals surface area contributed by atoms with Gasteiger partial charge in [-0.25, -0.2) is 0 Å². The number of ketones is 1. The molecule has 27 heavy (non-hydrogen) atoms. The molecule has 0 N–H and O–H groups in total. The molecule has 1 aliphatic rings. The van der Waals surface area contributed by atoms with Crippen molar-refractivity contribution in [2.24, 2.45) is 5.92 Å². The van der Waals surface area contributed by atoms with E-state index in [2.05, 4.69) is 13.8 Å². The number of esters is 1. The molecule has 1 atom stereocenters. The predicted molar refractivity (Wildman–Crippen MR) is 105 cm³/mol. The van der Waals surface area contributed by atoms with Gasteiger partial charge in [-0.1, -0.05) is 38.1 Å². The Hall–Kier alpha value is -2.47. The molecule has 0 aliphatic carbocycles. The van der Waals surface area contributed by atoms with E-state index in [9.17, 15) is 14.4 Å². The summed E-state index contributed by atoms with van der Waals surface area (Å²) in [6.07, 6.45) is 1.75. The molecular formula is C21H23NO4S. The number of nitrogens with zero attached hydrogens (tertiary/aromatic N) is 1. The van der Waals surface area contributed by atoms with Crippen LogP contribution in [0.25, 0.3) is 0 Å². The first-order valence-electron chi connectivity index (χ1n) is 9.19. The van der Waals surface area contributed by atoms with E-state index >= 15 is 0 Å². The van der Waals surface area contributed by atoms with Crippen LogP contribution in [0.2, 0.25) is 0 Å². The molecule has 1 aromatic heterocycles. The Morgan fingerprint density at radius 1 is 1.15 bits per heavy atom. The molecule has 1 aromatic carbocycles. The van der Waals surface area contributed by atoms with Crippen molar-refractivity contribution in [2.45, 2.75) is 33.1 Å². The normalized spacial score (nSPS) is 16.6. The molecule has 1 aliphatic heterocycles. The lowest BCUT2D eigenvalue weighted by Crippen LogP contribution is -2.28. The van der Waals surface area contributed by atoms with Crippen molar-refractivity contribution in [3.05, 3.63) is 51.7 Å². The maximum atomic E-state index is 12.6. The average molecular weight is 385 g/mol. The van der Waals surface area contributed by atoms with Crippen molar-refractivity contribution in [1.29, 1.82) is 0 Å². The van der Waals surface area contributed by atoms with Crippen LogP contribution in [0.15, 0.2) is 35.7 Å². The van der Waals surface area contributed by atoms with Crippen molar-refractivity contribution in [2.75, 3.05) is 18.1 Å². The Bertz CT molecular complexity index is 822. The first kappa shape index (κ1) is 19.3. The minimum absolute atomic E-state index is 0.0721. The zero-order valence-electron chi connectivity index (χ0n) is 15.6. The van der Waals surface area contributed by atoms with E-state index in [0.29, 0.717) is 11.4 Å². The lowest BCUT2D eigenvalue weighted by atomic mass is 10.0. The van der Waals surface area contributed by atoms with Gasteiger partial charge in [0, 0.05) is 18.7 Å². The molecule has 0 spiro atoms.